The number of nitrogens with zero attached hydrogens (tertiary/aromatic N) is 2. The van der Waals surface area contributed by atoms with Crippen LogP contribution in [-0.4, -0.2) is 59.1 Å². The van der Waals surface area contributed by atoms with Crippen LogP contribution < -0.4 is 0 Å². The molecule has 1 saturated heterocycles. The molecule has 1 N–H and O–H groups in total. The van der Waals surface area contributed by atoms with Gasteiger partial charge in [-0.2, -0.15) is 0 Å². The molecule has 1 rings (SSSR count). The third-order valence-corrected chi connectivity index (χ3v) is 3.41. The molecule has 0 saturated carbocycles. The number of rotatable bonds is 3. The zero-order valence-electron chi connectivity index (χ0n) is 10.8. The number of carbonyl (C=O) groups is 1. The third kappa shape index (κ3) is 2.74. The summed E-state index contributed by atoms with van der Waals surface area (Å²) in [5.41, 5.74) is 0. The van der Waals surface area contributed by atoms with E-state index in [-0.39, 0.29) is 18.6 Å². The zero-order valence-corrected chi connectivity index (χ0v) is 10.8. The Morgan fingerprint density at radius 1 is 1.50 bits per heavy atom. The van der Waals surface area contributed by atoms with Gasteiger partial charge in [-0.15, -0.1) is 0 Å². The smallest absolute Gasteiger partial charge is 0.239 e. The molecule has 4 nitrogen and oxygen atoms in total. The number of carbonyl (C=O) groups excluding carboxylic acids is 1. The highest BCUT2D eigenvalue weighted by Crippen LogP contribution is 2.21. The summed E-state index contributed by atoms with van der Waals surface area (Å²) >= 11 is 0. The molecule has 0 radical (unpaired) electrons. The first-order valence-corrected chi connectivity index (χ1v) is 6.12. The van der Waals surface area contributed by atoms with Gasteiger partial charge in [-0.1, -0.05) is 0 Å². The average molecular weight is 228 g/mol. The molecule has 1 fully saturated rings. The molecule has 1 heterocycles. The Morgan fingerprint density at radius 3 is 2.62 bits per heavy atom. The van der Waals surface area contributed by atoms with Gasteiger partial charge in [0, 0.05) is 32.3 Å². The Balaban J connectivity index is 2.93. The molecule has 0 aromatic rings. The van der Waals surface area contributed by atoms with E-state index in [4.69, 9.17) is 5.11 Å². The minimum atomic E-state index is -0.160. The van der Waals surface area contributed by atoms with Gasteiger partial charge in [0.2, 0.25) is 5.91 Å². The highest BCUT2D eigenvalue weighted by Gasteiger charge is 2.35. The third-order valence-electron chi connectivity index (χ3n) is 3.41. The summed E-state index contributed by atoms with van der Waals surface area (Å²) in [5, 5.41) is 9.10. The lowest BCUT2D eigenvalue weighted by atomic mass is 10.1. The number of aliphatic hydroxyl groups excluding tert-OH is 1. The normalized spacial score (nSPS) is 28.6. The fraction of sp³-hybridized carbons (Fsp3) is 0.917. The van der Waals surface area contributed by atoms with Gasteiger partial charge in [0.1, 0.15) is 0 Å². The largest absolute Gasteiger partial charge is 0.396 e. The van der Waals surface area contributed by atoms with Gasteiger partial charge in [-0.25, -0.2) is 0 Å². The first-order valence-electron chi connectivity index (χ1n) is 6.12. The zero-order chi connectivity index (χ0) is 12.3. The van der Waals surface area contributed by atoms with Crippen molar-refractivity contribution in [3.63, 3.8) is 0 Å². The molecule has 94 valence electrons. The maximum absolute atomic E-state index is 12.2. The van der Waals surface area contributed by atoms with E-state index in [0.717, 1.165) is 13.0 Å². The van der Waals surface area contributed by atoms with Crippen molar-refractivity contribution in [2.75, 3.05) is 20.2 Å². The van der Waals surface area contributed by atoms with Crippen molar-refractivity contribution in [3.05, 3.63) is 0 Å². The number of likely N-dealkylation sites (N-methyl/N-ethyl adjacent to an activating group) is 1. The first kappa shape index (κ1) is 13.5. The van der Waals surface area contributed by atoms with Crippen molar-refractivity contribution in [2.24, 2.45) is 0 Å². The van der Waals surface area contributed by atoms with E-state index in [1.54, 1.807) is 4.90 Å². The van der Waals surface area contributed by atoms with Crippen LogP contribution in [0.2, 0.25) is 0 Å². The van der Waals surface area contributed by atoms with Gasteiger partial charge < -0.3 is 10.0 Å². The molecule has 2 unspecified atom stereocenters. The lowest BCUT2D eigenvalue weighted by Crippen LogP contribution is -2.50. The van der Waals surface area contributed by atoms with E-state index in [1.165, 1.54) is 0 Å². The summed E-state index contributed by atoms with van der Waals surface area (Å²) in [7, 11) is 1.85. The molecule has 2 atom stereocenters. The average Bonchev–Trinajstić information content (AvgIpc) is 2.32. The maximum atomic E-state index is 12.2. The van der Waals surface area contributed by atoms with Crippen molar-refractivity contribution < 1.29 is 9.90 Å². The van der Waals surface area contributed by atoms with Gasteiger partial charge in [0.15, 0.2) is 0 Å². The summed E-state index contributed by atoms with van der Waals surface area (Å²) in [6.45, 7) is 7.26. The summed E-state index contributed by atoms with van der Waals surface area (Å²) < 4.78 is 0. The van der Waals surface area contributed by atoms with Crippen LogP contribution >= 0.6 is 0 Å². The summed E-state index contributed by atoms with van der Waals surface area (Å²) in [6.07, 6.45) is 1.54. The van der Waals surface area contributed by atoms with Crippen LogP contribution in [-0.2, 0) is 4.79 Å². The second-order valence-corrected chi connectivity index (χ2v) is 4.97. The Hall–Kier alpha value is -0.610. The lowest BCUT2D eigenvalue weighted by molar-refractivity contribution is -0.135. The fourth-order valence-corrected chi connectivity index (χ4v) is 2.59. The quantitative estimate of drug-likeness (QED) is 0.773. The van der Waals surface area contributed by atoms with E-state index in [1.807, 2.05) is 7.05 Å². The SMILES string of the molecule is CC(C)N1C(C)CCN(C)C(=O)C1CCO. The second kappa shape index (κ2) is 5.64. The summed E-state index contributed by atoms with van der Waals surface area (Å²) in [4.78, 5) is 16.2. The highest BCUT2D eigenvalue weighted by atomic mass is 16.3. The van der Waals surface area contributed by atoms with Crippen LogP contribution in [0.3, 0.4) is 0 Å². The Morgan fingerprint density at radius 2 is 2.12 bits per heavy atom. The molecule has 0 aliphatic carbocycles. The molecule has 0 bridgehead atoms. The van der Waals surface area contributed by atoms with Crippen molar-refractivity contribution in [1.82, 2.24) is 9.80 Å². The van der Waals surface area contributed by atoms with Gasteiger partial charge >= 0.3 is 0 Å². The second-order valence-electron chi connectivity index (χ2n) is 4.97. The molecule has 16 heavy (non-hydrogen) atoms. The van der Waals surface area contributed by atoms with Gasteiger partial charge in [-0.05, 0) is 33.6 Å². The highest BCUT2D eigenvalue weighted by molar-refractivity contribution is 5.82. The molecule has 0 aromatic carbocycles. The fourth-order valence-electron chi connectivity index (χ4n) is 2.59. The Kier molecular flexibility index (Phi) is 4.74. The maximum Gasteiger partial charge on any atom is 0.239 e. The Labute approximate surface area is 98.2 Å². The molecular formula is C12H24N2O2. The van der Waals surface area contributed by atoms with Crippen LogP contribution in [0.1, 0.15) is 33.6 Å². The van der Waals surface area contributed by atoms with Crippen molar-refractivity contribution >= 4 is 5.91 Å². The van der Waals surface area contributed by atoms with Gasteiger partial charge in [-0.3, -0.25) is 9.69 Å². The first-order chi connectivity index (χ1) is 7.49. The van der Waals surface area contributed by atoms with Crippen molar-refractivity contribution in [1.29, 1.82) is 0 Å². The standard InChI is InChI=1S/C12H24N2O2/c1-9(2)14-10(3)5-7-13(4)12(16)11(14)6-8-15/h9-11,15H,5-8H2,1-4H3. The van der Waals surface area contributed by atoms with Crippen LogP contribution in [0, 0.1) is 0 Å². The van der Waals surface area contributed by atoms with Gasteiger partial charge in [0.05, 0.1) is 6.04 Å². The van der Waals surface area contributed by atoms with Crippen molar-refractivity contribution in [3.8, 4) is 0 Å². The number of amides is 1. The number of hydrogen-bond acceptors (Lipinski definition) is 3. The summed E-state index contributed by atoms with van der Waals surface area (Å²) in [6, 6.07) is 0.569. The minimum Gasteiger partial charge on any atom is -0.396 e. The summed E-state index contributed by atoms with van der Waals surface area (Å²) in [5.74, 6) is 0.145. The molecule has 1 aliphatic rings. The molecule has 0 aromatic heterocycles. The minimum absolute atomic E-state index is 0.0696. The molecule has 0 spiro atoms. The topological polar surface area (TPSA) is 43.8 Å². The van der Waals surface area contributed by atoms with E-state index >= 15 is 0 Å². The predicted octanol–water partition coefficient (Wildman–Crippen LogP) is 0.698. The van der Waals surface area contributed by atoms with E-state index < -0.39 is 0 Å². The van der Waals surface area contributed by atoms with Crippen LogP contribution in [0.4, 0.5) is 0 Å². The number of aliphatic hydroxyl groups is 1. The monoisotopic (exact) mass is 228 g/mol. The molecule has 1 amide bonds. The molecule has 1 aliphatic heterocycles. The van der Waals surface area contributed by atoms with Crippen molar-refractivity contribution in [2.45, 2.75) is 51.7 Å². The Bertz CT molecular complexity index is 243. The molecule has 4 heteroatoms. The predicted molar refractivity (Wildman–Crippen MR) is 64.2 cm³/mol. The lowest BCUT2D eigenvalue weighted by Gasteiger charge is -2.36. The number of hydrogen-bond donors (Lipinski definition) is 1. The van der Waals surface area contributed by atoms with Crippen LogP contribution in [0.5, 0.6) is 0 Å². The van der Waals surface area contributed by atoms with Crippen LogP contribution in [0.25, 0.3) is 0 Å². The van der Waals surface area contributed by atoms with Gasteiger partial charge in [0.25, 0.3) is 0 Å². The molecular weight excluding hydrogens is 204 g/mol. The van der Waals surface area contributed by atoms with E-state index in [2.05, 4.69) is 25.7 Å². The van der Waals surface area contributed by atoms with E-state index in [9.17, 15) is 4.79 Å². The van der Waals surface area contributed by atoms with Crippen LogP contribution in [0.15, 0.2) is 0 Å². The van der Waals surface area contributed by atoms with E-state index in [0.29, 0.717) is 18.5 Å².